The van der Waals surface area contributed by atoms with Crippen LogP contribution in [0.4, 0.5) is 5.69 Å². The maximum Gasteiger partial charge on any atom is 0.272 e. The lowest BCUT2D eigenvalue weighted by Gasteiger charge is -2.24. The molecule has 1 atom stereocenters. The lowest BCUT2D eigenvalue weighted by molar-refractivity contribution is -0.385. The van der Waals surface area contributed by atoms with Crippen LogP contribution in [0.2, 0.25) is 0 Å². The first kappa shape index (κ1) is 22.1. The number of nitro groups is 1. The van der Waals surface area contributed by atoms with Gasteiger partial charge in [0.25, 0.3) is 11.6 Å². The number of aryl methyl sites for hydroxylation is 1. The molecule has 1 saturated heterocycles. The molecular formula is C22H25N3O6. The first-order valence-electron chi connectivity index (χ1n) is 9.90. The van der Waals surface area contributed by atoms with Crippen molar-refractivity contribution in [3.05, 3.63) is 63.2 Å². The average molecular weight is 427 g/mol. The largest absolute Gasteiger partial charge is 0.497 e. The van der Waals surface area contributed by atoms with E-state index in [1.807, 2.05) is 6.07 Å². The van der Waals surface area contributed by atoms with Gasteiger partial charge < -0.3 is 19.7 Å². The normalized spacial score (nSPS) is 15.5. The Balaban J connectivity index is 1.70. The van der Waals surface area contributed by atoms with Crippen LogP contribution < -0.4 is 14.8 Å². The number of hydrogen-bond acceptors (Lipinski definition) is 6. The predicted molar refractivity (Wildman–Crippen MR) is 113 cm³/mol. The summed E-state index contributed by atoms with van der Waals surface area (Å²) in [5.74, 6) is 0.693. The minimum Gasteiger partial charge on any atom is -0.497 e. The molecule has 1 heterocycles. The molecule has 1 unspecified atom stereocenters. The van der Waals surface area contributed by atoms with Gasteiger partial charge in [0, 0.05) is 41.9 Å². The van der Waals surface area contributed by atoms with Gasteiger partial charge in [-0.15, -0.1) is 0 Å². The number of carbonyl (C=O) groups excluding carboxylic acids is 2. The van der Waals surface area contributed by atoms with Crippen LogP contribution in [0.15, 0.2) is 36.4 Å². The summed E-state index contributed by atoms with van der Waals surface area (Å²) < 4.78 is 10.5. The monoisotopic (exact) mass is 427 g/mol. The lowest BCUT2D eigenvalue weighted by atomic mass is 10.1. The van der Waals surface area contributed by atoms with Gasteiger partial charge in [-0.2, -0.15) is 0 Å². The number of hydrogen-bond donors (Lipinski definition) is 1. The van der Waals surface area contributed by atoms with Crippen molar-refractivity contribution in [2.24, 2.45) is 0 Å². The highest BCUT2D eigenvalue weighted by atomic mass is 16.6. The Hall–Kier alpha value is -3.62. The molecular weight excluding hydrogens is 402 g/mol. The molecule has 0 aliphatic carbocycles. The smallest absolute Gasteiger partial charge is 0.272 e. The third kappa shape index (κ3) is 4.76. The minimum atomic E-state index is -0.591. The quantitative estimate of drug-likeness (QED) is 0.537. The van der Waals surface area contributed by atoms with Crippen molar-refractivity contribution in [3.8, 4) is 11.5 Å². The van der Waals surface area contributed by atoms with E-state index in [0.717, 1.165) is 5.56 Å². The fourth-order valence-corrected chi connectivity index (χ4v) is 3.74. The third-order valence-electron chi connectivity index (χ3n) is 5.40. The van der Waals surface area contributed by atoms with E-state index in [4.69, 9.17) is 9.47 Å². The molecule has 9 heteroatoms. The number of amides is 2. The van der Waals surface area contributed by atoms with Gasteiger partial charge in [-0.1, -0.05) is 0 Å². The second-order valence-electron chi connectivity index (χ2n) is 7.31. The molecule has 2 aromatic carbocycles. The zero-order valence-electron chi connectivity index (χ0n) is 17.7. The molecule has 1 N–H and O–H groups in total. The number of nitro benzene ring substituents is 1. The average Bonchev–Trinajstić information content (AvgIpc) is 3.26. The molecule has 1 aliphatic rings. The molecule has 31 heavy (non-hydrogen) atoms. The van der Waals surface area contributed by atoms with Gasteiger partial charge in [0.05, 0.1) is 19.1 Å². The lowest BCUT2D eigenvalue weighted by Crippen LogP contribution is -2.45. The summed E-state index contributed by atoms with van der Waals surface area (Å²) in [6.07, 6.45) is 1.27. The topological polar surface area (TPSA) is 111 Å². The number of benzene rings is 2. The van der Waals surface area contributed by atoms with Gasteiger partial charge in [0.1, 0.15) is 17.5 Å². The zero-order chi connectivity index (χ0) is 22.5. The maximum absolute atomic E-state index is 13.0. The van der Waals surface area contributed by atoms with Crippen LogP contribution in [0.25, 0.3) is 0 Å². The molecule has 0 saturated carbocycles. The molecule has 2 aromatic rings. The maximum atomic E-state index is 13.0. The standard InChI is InChI=1S/C22H25N3O6/c1-14-11-15(7-9-18(14)25(28)29)22(27)24-10-4-5-19(24)21(26)23-13-16-6-8-17(30-2)12-20(16)31-3/h6-9,11-12,19H,4-5,10,13H2,1-3H3,(H,23,26). The molecule has 9 nitrogen and oxygen atoms in total. The second-order valence-corrected chi connectivity index (χ2v) is 7.31. The van der Waals surface area contributed by atoms with Crippen LogP contribution >= 0.6 is 0 Å². The Bertz CT molecular complexity index is 1010. The third-order valence-corrected chi connectivity index (χ3v) is 5.40. The van der Waals surface area contributed by atoms with E-state index in [2.05, 4.69) is 5.32 Å². The summed E-state index contributed by atoms with van der Waals surface area (Å²) in [6, 6.07) is 9.00. The summed E-state index contributed by atoms with van der Waals surface area (Å²) in [6.45, 7) is 2.30. The van der Waals surface area contributed by atoms with Gasteiger partial charge in [-0.25, -0.2) is 0 Å². The number of carbonyl (C=O) groups is 2. The van der Waals surface area contributed by atoms with Crippen LogP contribution in [0.5, 0.6) is 11.5 Å². The van der Waals surface area contributed by atoms with Gasteiger partial charge in [0.15, 0.2) is 0 Å². The molecule has 1 aliphatic heterocycles. The molecule has 0 radical (unpaired) electrons. The Morgan fingerprint density at radius 1 is 1.19 bits per heavy atom. The summed E-state index contributed by atoms with van der Waals surface area (Å²) in [5.41, 5.74) is 1.49. The van der Waals surface area contributed by atoms with Crippen LogP contribution in [-0.2, 0) is 11.3 Å². The summed E-state index contributed by atoms with van der Waals surface area (Å²) >= 11 is 0. The minimum absolute atomic E-state index is 0.0410. The second kappa shape index (κ2) is 9.46. The van der Waals surface area contributed by atoms with E-state index < -0.39 is 11.0 Å². The van der Waals surface area contributed by atoms with Crippen molar-refractivity contribution in [2.75, 3.05) is 20.8 Å². The summed E-state index contributed by atoms with van der Waals surface area (Å²) in [5, 5.41) is 13.9. The fourth-order valence-electron chi connectivity index (χ4n) is 3.74. The molecule has 0 spiro atoms. The summed E-state index contributed by atoms with van der Waals surface area (Å²) in [7, 11) is 3.11. The highest BCUT2D eigenvalue weighted by molar-refractivity contribution is 5.98. The van der Waals surface area contributed by atoms with Crippen molar-refractivity contribution in [3.63, 3.8) is 0 Å². The number of likely N-dealkylation sites (tertiary alicyclic amines) is 1. The van der Waals surface area contributed by atoms with Crippen molar-refractivity contribution >= 4 is 17.5 Å². The number of nitrogens with one attached hydrogen (secondary N) is 1. The SMILES string of the molecule is COc1ccc(CNC(=O)C2CCCN2C(=O)c2ccc([N+](=O)[O-])c(C)c2)c(OC)c1. The zero-order valence-corrected chi connectivity index (χ0v) is 17.7. The number of methoxy groups -OCH3 is 2. The van der Waals surface area contributed by atoms with Crippen molar-refractivity contribution in [1.82, 2.24) is 10.2 Å². The van der Waals surface area contributed by atoms with Crippen LogP contribution in [0.1, 0.15) is 34.3 Å². The summed E-state index contributed by atoms with van der Waals surface area (Å²) in [4.78, 5) is 37.9. The number of rotatable bonds is 7. The Kier molecular flexibility index (Phi) is 6.74. The molecule has 164 valence electrons. The Labute approximate surface area is 180 Å². The van der Waals surface area contributed by atoms with E-state index in [-0.39, 0.29) is 24.0 Å². The van der Waals surface area contributed by atoms with Crippen molar-refractivity contribution in [1.29, 1.82) is 0 Å². The molecule has 3 rings (SSSR count). The first-order chi connectivity index (χ1) is 14.8. The van der Waals surface area contributed by atoms with Gasteiger partial charge in [-0.05, 0) is 44.0 Å². The predicted octanol–water partition coefficient (Wildman–Crippen LogP) is 2.84. The molecule has 0 bridgehead atoms. The first-order valence-corrected chi connectivity index (χ1v) is 9.90. The van der Waals surface area contributed by atoms with Gasteiger partial charge in [-0.3, -0.25) is 19.7 Å². The van der Waals surface area contributed by atoms with Crippen LogP contribution in [0.3, 0.4) is 0 Å². The number of ether oxygens (including phenoxy) is 2. The van der Waals surface area contributed by atoms with E-state index in [1.165, 1.54) is 23.1 Å². The molecule has 1 fully saturated rings. The van der Waals surface area contributed by atoms with E-state index >= 15 is 0 Å². The molecule has 2 amide bonds. The highest BCUT2D eigenvalue weighted by Gasteiger charge is 2.34. The van der Waals surface area contributed by atoms with Crippen LogP contribution in [-0.4, -0.2) is 48.4 Å². The van der Waals surface area contributed by atoms with Gasteiger partial charge in [0.2, 0.25) is 5.91 Å². The van der Waals surface area contributed by atoms with Crippen LogP contribution in [0, 0.1) is 17.0 Å². The van der Waals surface area contributed by atoms with E-state index in [0.29, 0.717) is 42.0 Å². The van der Waals surface area contributed by atoms with Crippen molar-refractivity contribution in [2.45, 2.75) is 32.4 Å². The van der Waals surface area contributed by atoms with E-state index in [9.17, 15) is 19.7 Å². The van der Waals surface area contributed by atoms with E-state index in [1.54, 1.807) is 33.3 Å². The fraction of sp³-hybridized carbons (Fsp3) is 0.364. The van der Waals surface area contributed by atoms with Crippen molar-refractivity contribution < 1.29 is 24.0 Å². The van der Waals surface area contributed by atoms with Gasteiger partial charge >= 0.3 is 0 Å². The highest BCUT2D eigenvalue weighted by Crippen LogP contribution is 2.26. The Morgan fingerprint density at radius 3 is 2.61 bits per heavy atom. The molecule has 0 aromatic heterocycles. The number of nitrogens with zero attached hydrogens (tertiary/aromatic N) is 2. The Morgan fingerprint density at radius 2 is 1.97 bits per heavy atom.